The summed E-state index contributed by atoms with van der Waals surface area (Å²) in [4.78, 5) is 5.27. The number of nitrogens with zero attached hydrogens (tertiary/aromatic N) is 1. The average Bonchev–Trinajstić information content (AvgIpc) is 2.82. The van der Waals surface area contributed by atoms with Gasteiger partial charge in [0.15, 0.2) is 0 Å². The first kappa shape index (κ1) is 11.9. The van der Waals surface area contributed by atoms with Crippen molar-refractivity contribution in [1.82, 2.24) is 4.98 Å². The van der Waals surface area contributed by atoms with Crippen LogP contribution in [0.3, 0.4) is 0 Å². The second-order valence-electron chi connectivity index (χ2n) is 3.21. The number of benzene rings is 1. The zero-order chi connectivity index (χ0) is 10.1. The summed E-state index contributed by atoms with van der Waals surface area (Å²) in [5.41, 5.74) is 1.09. The van der Waals surface area contributed by atoms with Crippen molar-refractivity contribution in [3.05, 3.63) is 54.2 Å². The summed E-state index contributed by atoms with van der Waals surface area (Å²) in [6, 6.07) is 14.4. The van der Waals surface area contributed by atoms with Crippen LogP contribution >= 0.6 is 11.3 Å². The molecule has 16 heavy (non-hydrogen) atoms. The van der Waals surface area contributed by atoms with Gasteiger partial charge in [0.05, 0.1) is 0 Å². The van der Waals surface area contributed by atoms with Crippen molar-refractivity contribution in [1.29, 1.82) is 0 Å². The Morgan fingerprint density at radius 3 is 2.88 bits per heavy atom. The van der Waals surface area contributed by atoms with E-state index in [1.54, 1.807) is 11.3 Å². The van der Waals surface area contributed by atoms with Crippen molar-refractivity contribution in [2.24, 2.45) is 0 Å². The van der Waals surface area contributed by atoms with Crippen LogP contribution in [0.15, 0.2) is 42.0 Å². The van der Waals surface area contributed by atoms with Gasteiger partial charge in [-0.15, -0.1) is 22.2 Å². The predicted molar refractivity (Wildman–Crippen MR) is 62.7 cm³/mol. The Hall–Kier alpha value is -0.566. The zero-order valence-corrected chi connectivity index (χ0v) is 12.1. The van der Waals surface area contributed by atoms with Gasteiger partial charge in [-0.3, -0.25) is 16.3 Å². The molecule has 0 aliphatic heterocycles. The standard InChI is InChI=1S/C13H7NS.Y/c1-3-10-6-7-14-9-12(10)11(4-1)13-5-2-8-15-13;/h1-3,6-9H;/q-2;. The van der Waals surface area contributed by atoms with Gasteiger partial charge in [0.2, 0.25) is 0 Å². The summed E-state index contributed by atoms with van der Waals surface area (Å²) in [5, 5.41) is 4.36. The molecule has 1 aromatic carbocycles. The van der Waals surface area contributed by atoms with Crippen LogP contribution in [-0.2, 0) is 32.7 Å². The molecule has 1 nitrogen and oxygen atoms in total. The number of aromatic nitrogens is 1. The molecule has 0 amide bonds. The molecule has 0 aliphatic carbocycles. The summed E-state index contributed by atoms with van der Waals surface area (Å²) in [6.45, 7) is 0. The minimum absolute atomic E-state index is 0. The summed E-state index contributed by atoms with van der Waals surface area (Å²) < 4.78 is 0. The Kier molecular flexibility index (Phi) is 3.85. The Morgan fingerprint density at radius 2 is 2.06 bits per heavy atom. The van der Waals surface area contributed by atoms with Gasteiger partial charge in [-0.25, -0.2) is 17.7 Å². The maximum absolute atomic E-state index is 4.15. The molecule has 0 aliphatic rings. The monoisotopic (exact) mass is 298 g/mol. The van der Waals surface area contributed by atoms with E-state index in [9.17, 15) is 0 Å². The topological polar surface area (TPSA) is 12.9 Å². The summed E-state index contributed by atoms with van der Waals surface area (Å²) in [5.74, 6) is 0. The number of thiophene rings is 1. The number of pyridine rings is 1. The number of fused-ring (bicyclic) bond motifs is 1. The SMILES string of the molecule is [Y].[c-]1ccsc1-c1[c-]ccc2ccncc12. The summed E-state index contributed by atoms with van der Waals surface area (Å²) in [7, 11) is 0. The van der Waals surface area contributed by atoms with Crippen molar-refractivity contribution in [3.8, 4) is 10.4 Å². The normalized spacial score (nSPS) is 10.0. The smallest absolute Gasteiger partial charge is 0.0247 e. The summed E-state index contributed by atoms with van der Waals surface area (Å²) >= 11 is 1.68. The number of rotatable bonds is 1. The fourth-order valence-corrected chi connectivity index (χ4v) is 2.31. The first-order chi connectivity index (χ1) is 7.45. The van der Waals surface area contributed by atoms with Crippen LogP contribution in [-0.4, -0.2) is 4.98 Å². The Balaban J connectivity index is 0.000000963. The van der Waals surface area contributed by atoms with Crippen molar-refractivity contribution in [2.45, 2.75) is 0 Å². The van der Waals surface area contributed by atoms with Crippen LogP contribution in [0.1, 0.15) is 0 Å². The maximum atomic E-state index is 4.15. The Labute approximate surface area is 123 Å². The minimum Gasteiger partial charge on any atom is -0.290 e. The molecular formula is C13H7NSY-2. The molecule has 0 saturated heterocycles. The van der Waals surface area contributed by atoms with E-state index < -0.39 is 0 Å². The van der Waals surface area contributed by atoms with E-state index in [2.05, 4.69) is 17.1 Å². The second kappa shape index (κ2) is 5.18. The van der Waals surface area contributed by atoms with Crippen molar-refractivity contribution in [3.63, 3.8) is 0 Å². The molecular weight excluding hydrogens is 291 g/mol. The van der Waals surface area contributed by atoms with Crippen LogP contribution in [0, 0.1) is 12.1 Å². The Bertz CT molecular complexity index is 584. The minimum atomic E-state index is 0. The van der Waals surface area contributed by atoms with E-state index in [0.717, 1.165) is 15.8 Å². The van der Waals surface area contributed by atoms with Gasteiger partial charge in [-0.2, -0.15) is 17.0 Å². The third-order valence-electron chi connectivity index (χ3n) is 2.31. The van der Waals surface area contributed by atoms with Crippen molar-refractivity contribution in [2.75, 3.05) is 0 Å². The molecule has 0 saturated carbocycles. The predicted octanol–water partition coefficient (Wildman–Crippen LogP) is 3.56. The van der Waals surface area contributed by atoms with E-state index in [1.165, 1.54) is 5.39 Å². The largest absolute Gasteiger partial charge is 0.290 e. The molecule has 0 unspecified atom stereocenters. The van der Waals surface area contributed by atoms with E-state index >= 15 is 0 Å². The maximum Gasteiger partial charge on any atom is 0.0247 e. The molecule has 0 bridgehead atoms. The number of hydrogen-bond donors (Lipinski definition) is 0. The fraction of sp³-hybridized carbons (Fsp3) is 0. The molecule has 2 heterocycles. The van der Waals surface area contributed by atoms with E-state index in [1.807, 2.05) is 42.0 Å². The molecule has 0 spiro atoms. The third kappa shape index (κ3) is 2.10. The van der Waals surface area contributed by atoms with Gasteiger partial charge in [0.25, 0.3) is 0 Å². The number of hydrogen-bond acceptors (Lipinski definition) is 2. The van der Waals surface area contributed by atoms with E-state index in [0.29, 0.717) is 0 Å². The molecule has 3 aromatic rings. The first-order valence-electron chi connectivity index (χ1n) is 4.65. The van der Waals surface area contributed by atoms with Crippen molar-refractivity contribution >= 4 is 22.1 Å². The first-order valence-corrected chi connectivity index (χ1v) is 5.53. The van der Waals surface area contributed by atoms with Crippen LogP contribution in [0.2, 0.25) is 0 Å². The molecule has 75 valence electrons. The molecule has 3 heteroatoms. The molecule has 3 rings (SSSR count). The van der Waals surface area contributed by atoms with Gasteiger partial charge in [0.1, 0.15) is 0 Å². The van der Waals surface area contributed by atoms with Crippen LogP contribution in [0.25, 0.3) is 21.2 Å². The van der Waals surface area contributed by atoms with Crippen LogP contribution < -0.4 is 0 Å². The third-order valence-corrected chi connectivity index (χ3v) is 3.14. The van der Waals surface area contributed by atoms with Gasteiger partial charge in [0, 0.05) is 38.9 Å². The van der Waals surface area contributed by atoms with Gasteiger partial charge >= 0.3 is 0 Å². The van der Waals surface area contributed by atoms with Crippen molar-refractivity contribution < 1.29 is 32.7 Å². The molecule has 1 radical (unpaired) electrons. The van der Waals surface area contributed by atoms with Gasteiger partial charge in [-0.05, 0) is 6.20 Å². The van der Waals surface area contributed by atoms with E-state index in [4.69, 9.17) is 0 Å². The van der Waals surface area contributed by atoms with Gasteiger partial charge in [-0.1, -0.05) is 6.07 Å². The van der Waals surface area contributed by atoms with Gasteiger partial charge < -0.3 is 0 Å². The quantitative estimate of drug-likeness (QED) is 0.626. The molecule has 0 fully saturated rings. The average molecular weight is 298 g/mol. The second-order valence-corrected chi connectivity index (χ2v) is 4.13. The molecule has 2 aromatic heterocycles. The van der Waals surface area contributed by atoms with E-state index in [-0.39, 0.29) is 32.7 Å². The Morgan fingerprint density at radius 1 is 1.12 bits per heavy atom. The zero-order valence-electron chi connectivity index (χ0n) is 8.47. The van der Waals surface area contributed by atoms with Crippen LogP contribution in [0.4, 0.5) is 0 Å². The molecule has 0 N–H and O–H groups in total. The summed E-state index contributed by atoms with van der Waals surface area (Å²) in [6.07, 6.45) is 3.69. The fourth-order valence-electron chi connectivity index (χ4n) is 1.62. The van der Waals surface area contributed by atoms with Crippen LogP contribution in [0.5, 0.6) is 0 Å². The molecule has 0 atom stereocenters.